The topological polar surface area (TPSA) is 90.6 Å². The van der Waals surface area contributed by atoms with Crippen LogP contribution in [-0.2, 0) is 4.74 Å². The molecule has 18 heavy (non-hydrogen) atoms. The van der Waals surface area contributed by atoms with E-state index in [0.29, 0.717) is 0 Å². The number of H-pyrrole nitrogens is 1. The van der Waals surface area contributed by atoms with Gasteiger partial charge in [-0.05, 0) is 12.2 Å². The largest absolute Gasteiger partial charge is 0.394 e. The minimum atomic E-state index is -1.21. The molecule has 0 aromatic carbocycles. The summed E-state index contributed by atoms with van der Waals surface area (Å²) in [6.45, 7) is -0.404. The summed E-state index contributed by atoms with van der Waals surface area (Å²) in [5.74, 6) is 0. The van der Waals surface area contributed by atoms with E-state index in [-0.39, 0.29) is 14.4 Å². The molecule has 6 nitrogen and oxygen atoms in total. The number of aliphatic hydroxyl groups is 3. The van der Waals surface area contributed by atoms with E-state index in [1.165, 1.54) is 10.8 Å². The number of rotatable bonds is 2. The number of hydrogen-bond acceptors (Lipinski definition) is 6. The summed E-state index contributed by atoms with van der Waals surface area (Å²) in [5.41, 5.74) is 0. The second-order valence-electron chi connectivity index (χ2n) is 3.87. The van der Waals surface area contributed by atoms with Crippen molar-refractivity contribution >= 4 is 36.0 Å². The molecule has 1 saturated heterocycles. The third kappa shape index (κ3) is 2.37. The lowest BCUT2D eigenvalue weighted by atomic mass is 10.1. The van der Waals surface area contributed by atoms with Crippen molar-refractivity contribution in [3.8, 4) is 0 Å². The Morgan fingerprint density at radius 3 is 2.61 bits per heavy atom. The van der Waals surface area contributed by atoms with Crippen LogP contribution in [-0.4, -0.2) is 49.8 Å². The SMILES string of the molecule is OC[C@H]1O[C@H](n2cc(Cl)c(=S)[nH]c2=S)[C@@H](O)[C@@H]1O. The van der Waals surface area contributed by atoms with Crippen molar-refractivity contribution in [1.82, 2.24) is 9.55 Å². The van der Waals surface area contributed by atoms with E-state index >= 15 is 0 Å². The molecule has 0 amide bonds. The van der Waals surface area contributed by atoms with Crippen molar-refractivity contribution in [2.75, 3.05) is 6.61 Å². The van der Waals surface area contributed by atoms with Crippen LogP contribution in [0.3, 0.4) is 0 Å². The molecule has 2 heterocycles. The van der Waals surface area contributed by atoms with Crippen LogP contribution in [0.25, 0.3) is 0 Å². The van der Waals surface area contributed by atoms with Gasteiger partial charge in [0, 0.05) is 6.20 Å². The first kappa shape index (κ1) is 14.1. The van der Waals surface area contributed by atoms with Crippen LogP contribution >= 0.6 is 36.0 Å². The van der Waals surface area contributed by atoms with E-state index in [4.69, 9.17) is 45.9 Å². The molecule has 100 valence electrons. The minimum absolute atomic E-state index is 0.208. The fourth-order valence-corrected chi connectivity index (χ4v) is 2.38. The van der Waals surface area contributed by atoms with Crippen molar-refractivity contribution in [2.24, 2.45) is 0 Å². The van der Waals surface area contributed by atoms with E-state index in [1.807, 2.05) is 0 Å². The molecule has 0 bridgehead atoms. The van der Waals surface area contributed by atoms with Gasteiger partial charge in [0.25, 0.3) is 0 Å². The average Bonchev–Trinajstić information content (AvgIpc) is 2.61. The normalized spacial score (nSPS) is 31.8. The molecule has 0 radical (unpaired) electrons. The molecule has 1 fully saturated rings. The van der Waals surface area contributed by atoms with Crippen LogP contribution in [0.4, 0.5) is 0 Å². The van der Waals surface area contributed by atoms with Crippen molar-refractivity contribution in [3.05, 3.63) is 20.6 Å². The van der Waals surface area contributed by atoms with Crippen LogP contribution in [0.2, 0.25) is 5.02 Å². The molecule has 2 rings (SSSR count). The Kier molecular flexibility index (Phi) is 4.17. The van der Waals surface area contributed by atoms with Gasteiger partial charge >= 0.3 is 0 Å². The predicted molar refractivity (Wildman–Crippen MR) is 68.5 cm³/mol. The molecule has 4 atom stereocenters. The highest BCUT2D eigenvalue weighted by molar-refractivity contribution is 7.72. The smallest absolute Gasteiger partial charge is 0.180 e. The summed E-state index contributed by atoms with van der Waals surface area (Å²) in [4.78, 5) is 2.68. The van der Waals surface area contributed by atoms with E-state index in [0.717, 1.165) is 0 Å². The number of halogens is 1. The van der Waals surface area contributed by atoms with E-state index in [2.05, 4.69) is 4.98 Å². The number of nitrogens with zero attached hydrogens (tertiary/aromatic N) is 1. The first-order chi connectivity index (χ1) is 8.45. The molecule has 0 saturated carbocycles. The first-order valence-corrected chi connectivity index (χ1v) is 6.28. The fraction of sp³-hybridized carbons (Fsp3) is 0.556. The highest BCUT2D eigenvalue weighted by Crippen LogP contribution is 2.29. The van der Waals surface area contributed by atoms with Crippen LogP contribution in [0.5, 0.6) is 0 Å². The molecule has 0 aliphatic carbocycles. The van der Waals surface area contributed by atoms with Crippen LogP contribution in [0, 0.1) is 9.41 Å². The van der Waals surface area contributed by atoms with Gasteiger partial charge in [0.05, 0.1) is 11.6 Å². The van der Waals surface area contributed by atoms with Gasteiger partial charge < -0.3 is 25.0 Å². The molecule has 1 aliphatic rings. The Morgan fingerprint density at radius 2 is 2.06 bits per heavy atom. The Labute approximate surface area is 117 Å². The monoisotopic (exact) mass is 310 g/mol. The zero-order valence-corrected chi connectivity index (χ0v) is 11.4. The summed E-state index contributed by atoms with van der Waals surface area (Å²) >= 11 is 15.8. The predicted octanol–water partition coefficient (Wildman–Crippen LogP) is 0.540. The summed E-state index contributed by atoms with van der Waals surface area (Å²) in [6.07, 6.45) is -2.77. The molecule has 1 aromatic heterocycles. The van der Waals surface area contributed by atoms with E-state index < -0.39 is 31.1 Å². The van der Waals surface area contributed by atoms with Crippen LogP contribution in [0.15, 0.2) is 6.20 Å². The first-order valence-electron chi connectivity index (χ1n) is 5.09. The summed E-state index contributed by atoms with van der Waals surface area (Å²) in [7, 11) is 0. The highest BCUT2D eigenvalue weighted by atomic mass is 35.5. The van der Waals surface area contributed by atoms with Crippen LogP contribution in [0.1, 0.15) is 6.23 Å². The Hall–Kier alpha value is -0.350. The third-order valence-electron chi connectivity index (χ3n) is 2.72. The van der Waals surface area contributed by atoms with E-state index in [9.17, 15) is 10.2 Å². The second-order valence-corrected chi connectivity index (χ2v) is 5.07. The lowest BCUT2D eigenvalue weighted by molar-refractivity contribution is -0.0541. The second kappa shape index (κ2) is 5.33. The molecular weight excluding hydrogens is 300 g/mol. The molecule has 0 spiro atoms. The number of aromatic nitrogens is 2. The summed E-state index contributed by atoms with van der Waals surface area (Å²) in [6, 6.07) is 0. The third-order valence-corrected chi connectivity index (χ3v) is 3.75. The van der Waals surface area contributed by atoms with Gasteiger partial charge in [0.1, 0.15) is 23.0 Å². The van der Waals surface area contributed by atoms with E-state index in [1.54, 1.807) is 0 Å². The molecule has 1 aromatic rings. The lowest BCUT2D eigenvalue weighted by Gasteiger charge is -2.18. The Balaban J connectivity index is 2.42. The number of aromatic amines is 1. The van der Waals surface area contributed by atoms with Gasteiger partial charge in [-0.2, -0.15) is 0 Å². The lowest BCUT2D eigenvalue weighted by Crippen LogP contribution is -2.33. The number of nitrogens with one attached hydrogen (secondary N) is 1. The Morgan fingerprint density at radius 1 is 1.39 bits per heavy atom. The zero-order chi connectivity index (χ0) is 13.4. The maximum Gasteiger partial charge on any atom is 0.180 e. The molecule has 9 heteroatoms. The van der Waals surface area contributed by atoms with Crippen molar-refractivity contribution in [1.29, 1.82) is 0 Å². The van der Waals surface area contributed by atoms with Gasteiger partial charge in [-0.25, -0.2) is 0 Å². The zero-order valence-electron chi connectivity index (χ0n) is 8.99. The van der Waals surface area contributed by atoms with Gasteiger partial charge in [-0.3, -0.25) is 4.57 Å². The van der Waals surface area contributed by atoms with Crippen molar-refractivity contribution < 1.29 is 20.1 Å². The minimum Gasteiger partial charge on any atom is -0.394 e. The van der Waals surface area contributed by atoms with Crippen molar-refractivity contribution in [3.63, 3.8) is 0 Å². The summed E-state index contributed by atoms with van der Waals surface area (Å²) < 4.78 is 7.18. The average molecular weight is 311 g/mol. The summed E-state index contributed by atoms with van der Waals surface area (Å²) in [5, 5.41) is 28.8. The van der Waals surface area contributed by atoms with Crippen LogP contribution < -0.4 is 0 Å². The highest BCUT2D eigenvalue weighted by Gasteiger charge is 2.43. The number of hydrogen-bond donors (Lipinski definition) is 4. The quantitative estimate of drug-likeness (QED) is 0.596. The van der Waals surface area contributed by atoms with Gasteiger partial charge in [0.2, 0.25) is 0 Å². The fourth-order valence-electron chi connectivity index (χ4n) is 1.76. The molecule has 1 aliphatic heterocycles. The maximum atomic E-state index is 9.86. The van der Waals surface area contributed by atoms with Gasteiger partial charge in [0.15, 0.2) is 11.0 Å². The number of ether oxygens (including phenoxy) is 1. The van der Waals surface area contributed by atoms with Gasteiger partial charge in [-0.1, -0.05) is 23.8 Å². The number of aliphatic hydroxyl groups excluding tert-OH is 3. The molecule has 4 N–H and O–H groups in total. The standard InChI is InChI=1S/C9H11ClN2O4S2/c10-3-1-12(9(18)11-7(3)17)8-6(15)5(14)4(2-13)16-8/h1,4-6,8,13-15H,2H2,(H,11,17,18)/t4-,5-,6+,8+/m1/s1. The molecular formula is C9H11ClN2O4S2. The van der Waals surface area contributed by atoms with Crippen molar-refractivity contribution in [2.45, 2.75) is 24.5 Å². The molecule has 0 unspecified atom stereocenters. The van der Waals surface area contributed by atoms with Gasteiger partial charge in [-0.15, -0.1) is 0 Å². The maximum absolute atomic E-state index is 9.86. The Bertz CT molecular complexity index is 560.